The summed E-state index contributed by atoms with van der Waals surface area (Å²) in [6.07, 6.45) is 7.82. The molecule has 2 unspecified atom stereocenters. The first-order chi connectivity index (χ1) is 10.3. The van der Waals surface area contributed by atoms with Gasteiger partial charge < -0.3 is 15.3 Å². The highest BCUT2D eigenvalue weighted by Gasteiger charge is 2.41. The first-order valence-electron chi connectivity index (χ1n) is 9.10. The van der Waals surface area contributed by atoms with Gasteiger partial charge in [-0.3, -0.25) is 4.90 Å². The van der Waals surface area contributed by atoms with Crippen LogP contribution in [0.4, 0.5) is 0 Å². The van der Waals surface area contributed by atoms with Gasteiger partial charge in [-0.15, -0.1) is 0 Å². The largest absolute Gasteiger partial charge is 0.394 e. The number of aliphatic hydroxyl groups excluding tert-OH is 1. The molecule has 2 saturated carbocycles. The zero-order chi connectivity index (χ0) is 14.7. The number of nitrogens with zero attached hydrogens (tertiary/aromatic N) is 2. The van der Waals surface area contributed by atoms with Crippen molar-refractivity contribution in [3.05, 3.63) is 0 Å². The summed E-state index contributed by atoms with van der Waals surface area (Å²) in [6.45, 7) is 9.69. The van der Waals surface area contributed by atoms with E-state index >= 15 is 0 Å². The van der Waals surface area contributed by atoms with Gasteiger partial charge in [-0.25, -0.2) is 0 Å². The third-order valence-corrected chi connectivity index (χ3v) is 6.03. The molecule has 4 heteroatoms. The van der Waals surface area contributed by atoms with E-state index in [2.05, 4.69) is 22.0 Å². The average molecular weight is 295 g/mol. The topological polar surface area (TPSA) is 38.7 Å². The fraction of sp³-hybridized carbons (Fsp3) is 1.00. The van der Waals surface area contributed by atoms with Crippen molar-refractivity contribution >= 4 is 0 Å². The minimum Gasteiger partial charge on any atom is -0.394 e. The fourth-order valence-electron chi connectivity index (χ4n) is 4.54. The SMILES string of the molecule is CCNC1(CO)CCCC1CCN1CCN(C2CC2)CC1. The minimum atomic E-state index is 0.0184. The van der Waals surface area contributed by atoms with Crippen LogP contribution < -0.4 is 5.32 Å². The maximum atomic E-state index is 9.87. The number of hydrogen-bond acceptors (Lipinski definition) is 4. The molecule has 1 saturated heterocycles. The number of piperazine rings is 1. The van der Waals surface area contributed by atoms with Crippen LogP contribution in [0.25, 0.3) is 0 Å². The van der Waals surface area contributed by atoms with Crippen LogP contribution in [0.1, 0.15) is 45.4 Å². The molecule has 2 atom stereocenters. The summed E-state index contributed by atoms with van der Waals surface area (Å²) in [5.41, 5.74) is 0.0184. The second-order valence-electron chi connectivity index (χ2n) is 7.33. The summed E-state index contributed by atoms with van der Waals surface area (Å²) in [5, 5.41) is 13.5. The van der Waals surface area contributed by atoms with Crippen molar-refractivity contribution in [1.82, 2.24) is 15.1 Å². The summed E-state index contributed by atoms with van der Waals surface area (Å²) in [7, 11) is 0. The predicted molar refractivity (Wildman–Crippen MR) is 86.5 cm³/mol. The molecule has 3 fully saturated rings. The van der Waals surface area contributed by atoms with Crippen molar-refractivity contribution in [2.45, 2.75) is 57.0 Å². The van der Waals surface area contributed by atoms with Crippen LogP contribution in [0.3, 0.4) is 0 Å². The maximum Gasteiger partial charge on any atom is 0.0616 e. The molecule has 1 heterocycles. The Morgan fingerprint density at radius 1 is 1.14 bits per heavy atom. The Morgan fingerprint density at radius 2 is 1.90 bits per heavy atom. The van der Waals surface area contributed by atoms with Gasteiger partial charge in [0.1, 0.15) is 0 Å². The smallest absolute Gasteiger partial charge is 0.0616 e. The number of aliphatic hydroxyl groups is 1. The molecule has 4 nitrogen and oxygen atoms in total. The predicted octanol–water partition coefficient (Wildman–Crippen LogP) is 1.30. The van der Waals surface area contributed by atoms with Crippen molar-refractivity contribution in [3.8, 4) is 0 Å². The van der Waals surface area contributed by atoms with Crippen LogP contribution >= 0.6 is 0 Å². The van der Waals surface area contributed by atoms with Crippen molar-refractivity contribution in [2.24, 2.45) is 5.92 Å². The Labute approximate surface area is 129 Å². The van der Waals surface area contributed by atoms with Crippen LogP contribution in [-0.4, -0.2) is 72.4 Å². The van der Waals surface area contributed by atoms with E-state index in [1.807, 2.05) is 0 Å². The Balaban J connectivity index is 1.43. The van der Waals surface area contributed by atoms with Gasteiger partial charge >= 0.3 is 0 Å². The summed E-state index contributed by atoms with van der Waals surface area (Å²) in [5.74, 6) is 0.656. The molecule has 0 amide bonds. The highest BCUT2D eigenvalue weighted by Crippen LogP contribution is 2.38. The fourth-order valence-corrected chi connectivity index (χ4v) is 4.54. The van der Waals surface area contributed by atoms with E-state index in [4.69, 9.17) is 0 Å². The van der Waals surface area contributed by atoms with Gasteiger partial charge in [0.25, 0.3) is 0 Å². The van der Waals surface area contributed by atoms with Crippen LogP contribution in [0.5, 0.6) is 0 Å². The number of nitrogens with one attached hydrogen (secondary N) is 1. The third-order valence-electron chi connectivity index (χ3n) is 6.03. The molecule has 0 aromatic carbocycles. The maximum absolute atomic E-state index is 9.87. The molecule has 3 aliphatic rings. The van der Waals surface area contributed by atoms with Crippen LogP contribution in [0, 0.1) is 5.92 Å². The van der Waals surface area contributed by atoms with Crippen LogP contribution in [0.15, 0.2) is 0 Å². The molecule has 2 aliphatic carbocycles. The normalized spacial score (nSPS) is 35.4. The van der Waals surface area contributed by atoms with Crippen LogP contribution in [-0.2, 0) is 0 Å². The van der Waals surface area contributed by atoms with E-state index in [-0.39, 0.29) is 5.54 Å². The highest BCUT2D eigenvalue weighted by atomic mass is 16.3. The van der Waals surface area contributed by atoms with Gasteiger partial charge in [0.15, 0.2) is 0 Å². The molecule has 0 aromatic heterocycles. The summed E-state index contributed by atoms with van der Waals surface area (Å²) < 4.78 is 0. The van der Waals surface area contributed by atoms with Gasteiger partial charge in [-0.1, -0.05) is 13.3 Å². The number of rotatable bonds is 7. The zero-order valence-electron chi connectivity index (χ0n) is 13.7. The molecule has 0 radical (unpaired) electrons. The molecule has 1 aliphatic heterocycles. The lowest BCUT2D eigenvalue weighted by molar-refractivity contribution is 0.0936. The first-order valence-corrected chi connectivity index (χ1v) is 9.10. The second kappa shape index (κ2) is 6.95. The van der Waals surface area contributed by atoms with E-state index in [1.165, 1.54) is 64.8 Å². The van der Waals surface area contributed by atoms with E-state index in [0.717, 1.165) is 19.0 Å². The monoisotopic (exact) mass is 295 g/mol. The first kappa shape index (κ1) is 15.7. The Bertz CT molecular complexity index is 326. The Hall–Kier alpha value is -0.160. The standard InChI is InChI=1S/C17H33N3O/c1-2-18-17(14-21)8-3-4-15(17)7-9-19-10-12-20(13-11-19)16-5-6-16/h15-16,18,21H,2-14H2,1H3. The van der Waals surface area contributed by atoms with Gasteiger partial charge in [0.2, 0.25) is 0 Å². The van der Waals surface area contributed by atoms with Crippen molar-refractivity contribution in [2.75, 3.05) is 45.9 Å². The van der Waals surface area contributed by atoms with Crippen molar-refractivity contribution in [3.63, 3.8) is 0 Å². The lowest BCUT2D eigenvalue weighted by atomic mass is 9.85. The summed E-state index contributed by atoms with van der Waals surface area (Å²) >= 11 is 0. The molecule has 122 valence electrons. The zero-order valence-corrected chi connectivity index (χ0v) is 13.7. The molecule has 21 heavy (non-hydrogen) atoms. The van der Waals surface area contributed by atoms with Gasteiger partial charge in [-0.05, 0) is 51.1 Å². The van der Waals surface area contributed by atoms with Crippen LogP contribution in [0.2, 0.25) is 0 Å². The second-order valence-corrected chi connectivity index (χ2v) is 7.33. The minimum absolute atomic E-state index is 0.0184. The number of likely N-dealkylation sites (N-methyl/N-ethyl adjacent to an activating group) is 1. The quantitative estimate of drug-likeness (QED) is 0.742. The van der Waals surface area contributed by atoms with E-state index in [0.29, 0.717) is 12.5 Å². The molecule has 0 aromatic rings. The molecule has 0 bridgehead atoms. The van der Waals surface area contributed by atoms with E-state index in [1.54, 1.807) is 0 Å². The van der Waals surface area contributed by atoms with Gasteiger partial charge in [0.05, 0.1) is 6.61 Å². The Kier molecular flexibility index (Phi) is 5.20. The molecule has 2 N–H and O–H groups in total. The van der Waals surface area contributed by atoms with E-state index in [9.17, 15) is 5.11 Å². The van der Waals surface area contributed by atoms with Gasteiger partial charge in [-0.2, -0.15) is 0 Å². The van der Waals surface area contributed by atoms with Crippen molar-refractivity contribution in [1.29, 1.82) is 0 Å². The molecule has 0 spiro atoms. The average Bonchev–Trinajstić information content (AvgIpc) is 3.29. The van der Waals surface area contributed by atoms with Crippen molar-refractivity contribution < 1.29 is 5.11 Å². The highest BCUT2D eigenvalue weighted by molar-refractivity contribution is 4.99. The summed E-state index contributed by atoms with van der Waals surface area (Å²) in [6, 6.07) is 0.928. The molecular weight excluding hydrogens is 262 g/mol. The molecular formula is C17H33N3O. The summed E-state index contributed by atoms with van der Waals surface area (Å²) in [4.78, 5) is 5.33. The number of hydrogen-bond donors (Lipinski definition) is 2. The lowest BCUT2D eigenvalue weighted by Gasteiger charge is -2.38. The third kappa shape index (κ3) is 3.61. The van der Waals surface area contributed by atoms with Gasteiger partial charge in [0, 0.05) is 37.8 Å². The lowest BCUT2D eigenvalue weighted by Crippen LogP contribution is -2.52. The molecule has 3 rings (SSSR count). The Morgan fingerprint density at radius 3 is 2.52 bits per heavy atom. The van der Waals surface area contributed by atoms with E-state index < -0.39 is 0 Å².